The minimum absolute atomic E-state index is 0.0266. The topological polar surface area (TPSA) is 56.1 Å². The molecule has 0 radical (unpaired) electrons. The second-order valence-electron chi connectivity index (χ2n) is 4.91. The summed E-state index contributed by atoms with van der Waals surface area (Å²) < 4.78 is 6.95. The number of hydrogen-bond donors (Lipinski definition) is 1. The number of benzene rings is 1. The lowest BCUT2D eigenvalue weighted by Crippen LogP contribution is -2.27. The van der Waals surface area contributed by atoms with Crippen LogP contribution in [0.2, 0.25) is 0 Å². The van der Waals surface area contributed by atoms with E-state index in [1.165, 1.54) is 0 Å². The maximum atomic E-state index is 12.2. The third kappa shape index (κ3) is 4.65. The molecule has 5 heteroatoms. The van der Waals surface area contributed by atoms with Crippen molar-refractivity contribution in [1.82, 2.24) is 14.9 Å². The molecular weight excluding hydrogens is 266 g/mol. The largest absolute Gasteiger partial charge is 0.382 e. The van der Waals surface area contributed by atoms with Crippen molar-refractivity contribution in [2.24, 2.45) is 0 Å². The van der Waals surface area contributed by atoms with Crippen LogP contribution in [0.1, 0.15) is 19.8 Å². The number of nitrogens with zero attached hydrogens (tertiary/aromatic N) is 2. The SMILES string of the molecule is CCOCCCCNCCn1cnc2ccccc2c1=O. The third-order valence-electron chi connectivity index (χ3n) is 3.36. The second-order valence-corrected chi connectivity index (χ2v) is 4.91. The summed E-state index contributed by atoms with van der Waals surface area (Å²) in [5.74, 6) is 0. The first kappa shape index (κ1) is 15.7. The standard InChI is InChI=1S/C16H23N3O2/c1-2-21-12-6-5-9-17-10-11-19-13-18-15-8-4-3-7-14(15)16(19)20/h3-4,7-8,13,17H,2,5-6,9-12H2,1H3. The Morgan fingerprint density at radius 2 is 2.10 bits per heavy atom. The van der Waals surface area contributed by atoms with Gasteiger partial charge in [0.05, 0.1) is 17.2 Å². The van der Waals surface area contributed by atoms with Crippen LogP contribution in [0.4, 0.5) is 0 Å². The van der Waals surface area contributed by atoms with Gasteiger partial charge in [0.1, 0.15) is 0 Å². The van der Waals surface area contributed by atoms with E-state index in [2.05, 4.69) is 10.3 Å². The van der Waals surface area contributed by atoms with Crippen LogP contribution in [0.5, 0.6) is 0 Å². The van der Waals surface area contributed by atoms with Crippen molar-refractivity contribution in [3.05, 3.63) is 40.9 Å². The summed E-state index contributed by atoms with van der Waals surface area (Å²) in [6.45, 7) is 5.98. The first-order valence-electron chi connectivity index (χ1n) is 7.55. The fraction of sp³-hybridized carbons (Fsp3) is 0.500. The molecule has 0 spiro atoms. The maximum Gasteiger partial charge on any atom is 0.261 e. The molecule has 0 unspecified atom stereocenters. The van der Waals surface area contributed by atoms with E-state index < -0.39 is 0 Å². The Morgan fingerprint density at radius 1 is 1.24 bits per heavy atom. The van der Waals surface area contributed by atoms with Crippen LogP contribution in [0.15, 0.2) is 35.4 Å². The molecule has 0 aliphatic rings. The second kappa shape index (κ2) is 8.54. The van der Waals surface area contributed by atoms with Gasteiger partial charge < -0.3 is 10.1 Å². The molecule has 0 saturated heterocycles. The van der Waals surface area contributed by atoms with Crippen LogP contribution < -0.4 is 10.9 Å². The van der Waals surface area contributed by atoms with Crippen LogP contribution in [-0.2, 0) is 11.3 Å². The van der Waals surface area contributed by atoms with Gasteiger partial charge in [0.2, 0.25) is 0 Å². The summed E-state index contributed by atoms with van der Waals surface area (Å²) in [6.07, 6.45) is 3.78. The van der Waals surface area contributed by atoms with Gasteiger partial charge in [-0.2, -0.15) is 0 Å². The van der Waals surface area contributed by atoms with E-state index in [0.717, 1.165) is 44.7 Å². The number of hydrogen-bond acceptors (Lipinski definition) is 4. The highest BCUT2D eigenvalue weighted by molar-refractivity contribution is 5.76. The van der Waals surface area contributed by atoms with Crippen LogP contribution >= 0.6 is 0 Å². The molecule has 0 bridgehead atoms. The van der Waals surface area contributed by atoms with Gasteiger partial charge >= 0.3 is 0 Å². The van der Waals surface area contributed by atoms with Gasteiger partial charge in [-0.15, -0.1) is 0 Å². The summed E-state index contributed by atoms with van der Waals surface area (Å²) in [5.41, 5.74) is 0.779. The molecule has 5 nitrogen and oxygen atoms in total. The number of ether oxygens (including phenoxy) is 1. The van der Waals surface area contributed by atoms with E-state index in [0.29, 0.717) is 11.9 Å². The Bertz CT molecular complexity index is 610. The Kier molecular flexibility index (Phi) is 6.37. The summed E-state index contributed by atoms with van der Waals surface area (Å²) in [7, 11) is 0. The number of fused-ring (bicyclic) bond motifs is 1. The molecule has 0 fully saturated rings. The van der Waals surface area contributed by atoms with Gasteiger partial charge in [-0.05, 0) is 38.4 Å². The van der Waals surface area contributed by atoms with E-state index in [-0.39, 0.29) is 5.56 Å². The molecule has 0 saturated carbocycles. The van der Waals surface area contributed by atoms with Gasteiger partial charge in [-0.25, -0.2) is 4.98 Å². The monoisotopic (exact) mass is 289 g/mol. The van der Waals surface area contributed by atoms with Gasteiger partial charge in [0, 0.05) is 26.3 Å². The summed E-state index contributed by atoms with van der Waals surface area (Å²) >= 11 is 0. The number of nitrogens with one attached hydrogen (secondary N) is 1. The lowest BCUT2D eigenvalue weighted by molar-refractivity contribution is 0.143. The van der Waals surface area contributed by atoms with E-state index in [9.17, 15) is 4.79 Å². The van der Waals surface area contributed by atoms with E-state index in [4.69, 9.17) is 4.74 Å². The maximum absolute atomic E-state index is 12.2. The number of para-hydroxylation sites is 1. The van der Waals surface area contributed by atoms with Crippen LogP contribution in [-0.4, -0.2) is 35.9 Å². The van der Waals surface area contributed by atoms with Crippen LogP contribution in [0, 0.1) is 0 Å². The highest BCUT2D eigenvalue weighted by atomic mass is 16.5. The van der Waals surface area contributed by atoms with E-state index >= 15 is 0 Å². The van der Waals surface area contributed by atoms with Gasteiger partial charge in [-0.3, -0.25) is 9.36 Å². The normalized spacial score (nSPS) is 11.1. The van der Waals surface area contributed by atoms with Crippen molar-refractivity contribution in [3.63, 3.8) is 0 Å². The highest BCUT2D eigenvalue weighted by Gasteiger charge is 2.02. The molecule has 0 aliphatic carbocycles. The average Bonchev–Trinajstić information content (AvgIpc) is 2.52. The lowest BCUT2D eigenvalue weighted by atomic mass is 10.2. The van der Waals surface area contributed by atoms with Crippen molar-refractivity contribution in [2.75, 3.05) is 26.3 Å². The fourth-order valence-corrected chi connectivity index (χ4v) is 2.19. The molecule has 0 aliphatic heterocycles. The van der Waals surface area contributed by atoms with Crippen molar-refractivity contribution in [2.45, 2.75) is 26.3 Å². The Morgan fingerprint density at radius 3 is 2.95 bits per heavy atom. The smallest absolute Gasteiger partial charge is 0.261 e. The Labute approximate surface area is 125 Å². The third-order valence-corrected chi connectivity index (χ3v) is 3.36. The molecule has 1 aromatic carbocycles. The summed E-state index contributed by atoms with van der Waals surface area (Å²) in [5, 5.41) is 4.02. The van der Waals surface area contributed by atoms with Gasteiger partial charge in [0.15, 0.2) is 0 Å². The quantitative estimate of drug-likeness (QED) is 0.715. The van der Waals surface area contributed by atoms with Gasteiger partial charge in [-0.1, -0.05) is 12.1 Å². The molecule has 1 aromatic heterocycles. The van der Waals surface area contributed by atoms with Crippen LogP contribution in [0.25, 0.3) is 10.9 Å². The number of rotatable bonds is 9. The molecule has 1 heterocycles. The number of unbranched alkanes of at least 4 members (excludes halogenated alkanes) is 1. The van der Waals surface area contributed by atoms with Crippen molar-refractivity contribution in [3.8, 4) is 0 Å². The first-order chi connectivity index (χ1) is 10.3. The Balaban J connectivity index is 1.76. The molecular formula is C16H23N3O2. The van der Waals surface area contributed by atoms with Gasteiger partial charge in [0.25, 0.3) is 5.56 Å². The predicted octanol–water partition coefficient (Wildman–Crippen LogP) is 1.80. The lowest BCUT2D eigenvalue weighted by Gasteiger charge is -2.08. The van der Waals surface area contributed by atoms with E-state index in [1.54, 1.807) is 10.9 Å². The molecule has 0 atom stereocenters. The molecule has 1 N–H and O–H groups in total. The molecule has 2 rings (SSSR count). The van der Waals surface area contributed by atoms with Crippen molar-refractivity contribution in [1.29, 1.82) is 0 Å². The Hall–Kier alpha value is -1.72. The first-order valence-corrected chi connectivity index (χ1v) is 7.55. The van der Waals surface area contributed by atoms with Crippen LogP contribution in [0.3, 0.4) is 0 Å². The van der Waals surface area contributed by atoms with Crippen molar-refractivity contribution >= 4 is 10.9 Å². The van der Waals surface area contributed by atoms with Crippen molar-refractivity contribution < 1.29 is 4.74 Å². The highest BCUT2D eigenvalue weighted by Crippen LogP contribution is 2.04. The fourth-order valence-electron chi connectivity index (χ4n) is 2.19. The zero-order valence-corrected chi connectivity index (χ0v) is 12.5. The number of aromatic nitrogens is 2. The minimum atomic E-state index is 0.0266. The molecule has 114 valence electrons. The summed E-state index contributed by atoms with van der Waals surface area (Å²) in [6, 6.07) is 7.44. The summed E-state index contributed by atoms with van der Waals surface area (Å²) in [4.78, 5) is 16.6. The molecule has 21 heavy (non-hydrogen) atoms. The molecule has 0 amide bonds. The van der Waals surface area contributed by atoms with E-state index in [1.807, 2.05) is 31.2 Å². The zero-order valence-electron chi connectivity index (χ0n) is 12.5. The minimum Gasteiger partial charge on any atom is -0.382 e. The molecule has 2 aromatic rings. The predicted molar refractivity (Wildman–Crippen MR) is 84.6 cm³/mol. The average molecular weight is 289 g/mol. The zero-order chi connectivity index (χ0) is 14.9.